The predicted molar refractivity (Wildman–Crippen MR) is 75.1 cm³/mol. The van der Waals surface area contributed by atoms with Gasteiger partial charge in [-0.2, -0.15) is 0 Å². The Morgan fingerprint density at radius 1 is 0.950 bits per heavy atom. The topological polar surface area (TPSA) is 69.7 Å². The van der Waals surface area contributed by atoms with Gasteiger partial charge in [0.25, 0.3) is 0 Å². The Hall–Kier alpha value is -1.39. The van der Waals surface area contributed by atoms with Gasteiger partial charge in [0, 0.05) is 5.92 Å². The largest absolute Gasteiger partial charge is 0.465 e. The van der Waals surface area contributed by atoms with Crippen molar-refractivity contribution in [2.75, 3.05) is 13.2 Å². The fourth-order valence-corrected chi connectivity index (χ4v) is 2.03. The second-order valence-electron chi connectivity index (χ2n) is 4.63. The van der Waals surface area contributed by atoms with E-state index in [1.165, 1.54) is 0 Å². The Morgan fingerprint density at radius 3 is 1.90 bits per heavy atom. The molecular formula is C15H26O5. The summed E-state index contributed by atoms with van der Waals surface area (Å²) in [6.45, 7) is 5.78. The van der Waals surface area contributed by atoms with Crippen LogP contribution in [-0.2, 0) is 23.9 Å². The van der Waals surface area contributed by atoms with E-state index >= 15 is 0 Å². The highest BCUT2D eigenvalue weighted by Crippen LogP contribution is 2.21. The molecule has 0 fully saturated rings. The van der Waals surface area contributed by atoms with E-state index in [4.69, 9.17) is 9.47 Å². The van der Waals surface area contributed by atoms with Crippen LogP contribution in [0.2, 0.25) is 0 Å². The third-order valence-electron chi connectivity index (χ3n) is 3.08. The van der Waals surface area contributed by atoms with Crippen LogP contribution in [0.3, 0.4) is 0 Å². The summed E-state index contributed by atoms with van der Waals surface area (Å²) in [4.78, 5) is 34.9. The zero-order chi connectivity index (χ0) is 15.4. The van der Waals surface area contributed by atoms with E-state index in [0.29, 0.717) is 12.7 Å². The SMILES string of the molecule is CCCCCC[C@@H](C=O)C(C(=O)OCC)C(=O)OCC. The third kappa shape index (κ3) is 6.68. The normalized spacial score (nSPS) is 12.0. The van der Waals surface area contributed by atoms with Crippen molar-refractivity contribution in [2.45, 2.75) is 52.9 Å². The van der Waals surface area contributed by atoms with Crippen molar-refractivity contribution in [3.8, 4) is 0 Å². The fourth-order valence-electron chi connectivity index (χ4n) is 2.03. The van der Waals surface area contributed by atoms with E-state index in [1.807, 2.05) is 0 Å². The average molecular weight is 286 g/mol. The summed E-state index contributed by atoms with van der Waals surface area (Å²) in [6.07, 6.45) is 5.14. The lowest BCUT2D eigenvalue weighted by molar-refractivity contribution is -0.165. The Labute approximate surface area is 121 Å². The molecule has 0 N–H and O–H groups in total. The highest BCUT2D eigenvalue weighted by molar-refractivity contribution is 5.97. The van der Waals surface area contributed by atoms with E-state index in [2.05, 4.69) is 6.92 Å². The molecule has 0 saturated carbocycles. The van der Waals surface area contributed by atoms with Gasteiger partial charge in [0.2, 0.25) is 0 Å². The molecule has 5 heteroatoms. The molecule has 0 aromatic heterocycles. The second kappa shape index (κ2) is 11.4. The molecule has 0 aliphatic rings. The van der Waals surface area contributed by atoms with E-state index < -0.39 is 23.8 Å². The highest BCUT2D eigenvalue weighted by Gasteiger charge is 2.37. The van der Waals surface area contributed by atoms with Gasteiger partial charge in [-0.15, -0.1) is 0 Å². The molecule has 0 aromatic carbocycles. The second-order valence-corrected chi connectivity index (χ2v) is 4.63. The van der Waals surface area contributed by atoms with Crippen LogP contribution < -0.4 is 0 Å². The van der Waals surface area contributed by atoms with Crippen LogP contribution in [0.15, 0.2) is 0 Å². The number of ether oxygens (including phenoxy) is 2. The molecule has 5 nitrogen and oxygen atoms in total. The number of hydrogen-bond donors (Lipinski definition) is 0. The molecule has 0 amide bonds. The molecule has 0 rings (SSSR count). The highest BCUT2D eigenvalue weighted by atomic mass is 16.6. The molecule has 0 bridgehead atoms. The van der Waals surface area contributed by atoms with E-state index in [-0.39, 0.29) is 13.2 Å². The minimum atomic E-state index is -1.13. The molecule has 116 valence electrons. The first-order chi connectivity index (χ1) is 9.62. The third-order valence-corrected chi connectivity index (χ3v) is 3.08. The summed E-state index contributed by atoms with van der Waals surface area (Å²) in [6, 6.07) is 0. The Morgan fingerprint density at radius 2 is 1.50 bits per heavy atom. The van der Waals surface area contributed by atoms with Gasteiger partial charge in [-0.05, 0) is 20.3 Å². The van der Waals surface area contributed by atoms with Crippen LogP contribution in [0.1, 0.15) is 52.9 Å². The van der Waals surface area contributed by atoms with Gasteiger partial charge in [-0.3, -0.25) is 9.59 Å². The lowest BCUT2D eigenvalue weighted by atomic mass is 9.88. The van der Waals surface area contributed by atoms with Crippen LogP contribution in [0.5, 0.6) is 0 Å². The van der Waals surface area contributed by atoms with Crippen molar-refractivity contribution in [1.29, 1.82) is 0 Å². The van der Waals surface area contributed by atoms with E-state index in [9.17, 15) is 14.4 Å². The van der Waals surface area contributed by atoms with Crippen LogP contribution in [0, 0.1) is 11.8 Å². The van der Waals surface area contributed by atoms with Gasteiger partial charge in [0.05, 0.1) is 13.2 Å². The maximum absolute atomic E-state index is 11.9. The number of carbonyl (C=O) groups is 3. The van der Waals surface area contributed by atoms with E-state index in [0.717, 1.165) is 25.7 Å². The molecular weight excluding hydrogens is 260 g/mol. The number of rotatable bonds is 11. The first kappa shape index (κ1) is 18.6. The number of unbranched alkanes of at least 4 members (excludes halogenated alkanes) is 3. The first-order valence-corrected chi connectivity index (χ1v) is 7.40. The maximum Gasteiger partial charge on any atom is 0.321 e. The Balaban J connectivity index is 4.71. The van der Waals surface area contributed by atoms with E-state index in [1.54, 1.807) is 13.8 Å². The quantitative estimate of drug-likeness (QED) is 0.253. The van der Waals surface area contributed by atoms with Crippen LogP contribution in [0.25, 0.3) is 0 Å². The zero-order valence-corrected chi connectivity index (χ0v) is 12.7. The van der Waals surface area contributed by atoms with Gasteiger partial charge < -0.3 is 14.3 Å². The summed E-state index contributed by atoms with van der Waals surface area (Å²) in [5, 5.41) is 0. The minimum absolute atomic E-state index is 0.177. The summed E-state index contributed by atoms with van der Waals surface area (Å²) in [5.74, 6) is -3.13. The molecule has 0 heterocycles. The van der Waals surface area contributed by atoms with Crippen molar-refractivity contribution in [3.63, 3.8) is 0 Å². The summed E-state index contributed by atoms with van der Waals surface area (Å²) in [7, 11) is 0. The van der Waals surface area contributed by atoms with Crippen molar-refractivity contribution in [2.24, 2.45) is 11.8 Å². The average Bonchev–Trinajstić information content (AvgIpc) is 2.42. The zero-order valence-electron chi connectivity index (χ0n) is 12.7. The number of carbonyl (C=O) groups excluding carboxylic acids is 3. The van der Waals surface area contributed by atoms with Crippen LogP contribution in [0.4, 0.5) is 0 Å². The lowest BCUT2D eigenvalue weighted by Crippen LogP contribution is -2.35. The van der Waals surface area contributed by atoms with Gasteiger partial charge in [-0.25, -0.2) is 0 Å². The molecule has 0 saturated heterocycles. The van der Waals surface area contributed by atoms with Crippen molar-refractivity contribution >= 4 is 18.2 Å². The summed E-state index contributed by atoms with van der Waals surface area (Å²) >= 11 is 0. The molecule has 0 aliphatic carbocycles. The smallest absolute Gasteiger partial charge is 0.321 e. The monoisotopic (exact) mass is 286 g/mol. The molecule has 0 unspecified atom stereocenters. The summed E-state index contributed by atoms with van der Waals surface area (Å²) in [5.41, 5.74) is 0. The number of hydrogen-bond acceptors (Lipinski definition) is 5. The van der Waals surface area contributed by atoms with Crippen molar-refractivity contribution < 1.29 is 23.9 Å². The van der Waals surface area contributed by atoms with Gasteiger partial charge in [-0.1, -0.05) is 32.6 Å². The minimum Gasteiger partial charge on any atom is -0.465 e. The van der Waals surface area contributed by atoms with Crippen molar-refractivity contribution in [1.82, 2.24) is 0 Å². The van der Waals surface area contributed by atoms with Gasteiger partial charge >= 0.3 is 11.9 Å². The summed E-state index contributed by atoms with van der Waals surface area (Å²) < 4.78 is 9.77. The standard InChI is InChI=1S/C15H26O5/c1-4-7-8-9-10-12(11-16)13(14(17)19-5-2)15(18)20-6-3/h11-13H,4-10H2,1-3H3/t12-/m0/s1. The molecule has 0 spiro atoms. The predicted octanol–water partition coefficient (Wildman–Crippen LogP) is 2.51. The molecule has 0 aliphatic heterocycles. The van der Waals surface area contributed by atoms with Crippen LogP contribution in [-0.4, -0.2) is 31.4 Å². The maximum atomic E-state index is 11.9. The van der Waals surface area contributed by atoms with Gasteiger partial charge in [0.1, 0.15) is 6.29 Å². The van der Waals surface area contributed by atoms with Gasteiger partial charge in [0.15, 0.2) is 5.92 Å². The Kier molecular flexibility index (Phi) is 10.6. The van der Waals surface area contributed by atoms with Crippen LogP contribution >= 0.6 is 0 Å². The fraction of sp³-hybridized carbons (Fsp3) is 0.800. The molecule has 1 atom stereocenters. The molecule has 0 aromatic rings. The Bertz CT molecular complexity index is 283. The molecule has 20 heavy (non-hydrogen) atoms. The number of esters is 2. The lowest BCUT2D eigenvalue weighted by Gasteiger charge is -2.19. The van der Waals surface area contributed by atoms with Crippen molar-refractivity contribution in [3.05, 3.63) is 0 Å². The first-order valence-electron chi connectivity index (χ1n) is 7.40. The number of aldehydes is 1. The molecule has 0 radical (unpaired) electrons.